The standard InChI is InChI=1S/C24H32N2O3/c1-16(2)25-24(28)20(6)26(14-21-10-8-7-9-18(21)4)23(27)15-29-22-13-17(3)11-12-19(22)5/h7-13,16,20H,14-15H2,1-6H3,(H,25,28)/t20-/m1/s1. The Kier molecular flexibility index (Phi) is 7.82. The van der Waals surface area contributed by atoms with E-state index >= 15 is 0 Å². The van der Waals surface area contributed by atoms with Crippen molar-refractivity contribution in [2.45, 2.75) is 60.2 Å². The fourth-order valence-corrected chi connectivity index (χ4v) is 3.04. The van der Waals surface area contributed by atoms with Crippen molar-refractivity contribution in [2.75, 3.05) is 6.61 Å². The van der Waals surface area contributed by atoms with Crippen LogP contribution in [-0.2, 0) is 16.1 Å². The summed E-state index contributed by atoms with van der Waals surface area (Å²) >= 11 is 0. The molecule has 2 rings (SSSR count). The molecule has 0 spiro atoms. The topological polar surface area (TPSA) is 58.6 Å². The van der Waals surface area contributed by atoms with Crippen LogP contribution in [0.5, 0.6) is 5.75 Å². The number of nitrogens with zero attached hydrogens (tertiary/aromatic N) is 1. The molecule has 0 aliphatic carbocycles. The van der Waals surface area contributed by atoms with Crippen molar-refractivity contribution >= 4 is 11.8 Å². The monoisotopic (exact) mass is 396 g/mol. The predicted octanol–water partition coefficient (Wildman–Crippen LogP) is 3.93. The molecule has 0 aliphatic rings. The molecule has 1 atom stereocenters. The number of hydrogen-bond acceptors (Lipinski definition) is 3. The average Bonchev–Trinajstić information content (AvgIpc) is 2.66. The predicted molar refractivity (Wildman–Crippen MR) is 116 cm³/mol. The number of rotatable bonds is 8. The number of carbonyl (C=O) groups is 2. The molecule has 2 amide bonds. The molecule has 29 heavy (non-hydrogen) atoms. The molecule has 0 saturated carbocycles. The molecule has 2 aromatic carbocycles. The molecule has 0 radical (unpaired) electrons. The van der Waals surface area contributed by atoms with Crippen LogP contribution in [0.2, 0.25) is 0 Å². The molecule has 5 nitrogen and oxygen atoms in total. The van der Waals surface area contributed by atoms with Gasteiger partial charge in [-0.05, 0) is 69.9 Å². The third-order valence-corrected chi connectivity index (χ3v) is 4.89. The molecule has 0 fully saturated rings. The van der Waals surface area contributed by atoms with Crippen molar-refractivity contribution in [3.05, 3.63) is 64.7 Å². The molecule has 0 saturated heterocycles. The van der Waals surface area contributed by atoms with Crippen LogP contribution in [0.15, 0.2) is 42.5 Å². The molecule has 0 heterocycles. The highest BCUT2D eigenvalue weighted by atomic mass is 16.5. The summed E-state index contributed by atoms with van der Waals surface area (Å²) in [7, 11) is 0. The SMILES string of the molecule is Cc1ccc(C)c(OCC(=O)N(Cc2ccccc2C)[C@H](C)C(=O)NC(C)C)c1. The summed E-state index contributed by atoms with van der Waals surface area (Å²) in [6, 6.07) is 13.2. The van der Waals surface area contributed by atoms with Crippen molar-refractivity contribution < 1.29 is 14.3 Å². The van der Waals surface area contributed by atoms with Gasteiger partial charge in [-0.15, -0.1) is 0 Å². The summed E-state index contributed by atoms with van der Waals surface area (Å²) in [6.45, 7) is 11.7. The van der Waals surface area contributed by atoms with Crippen molar-refractivity contribution in [3.63, 3.8) is 0 Å². The first-order chi connectivity index (χ1) is 13.7. The van der Waals surface area contributed by atoms with Gasteiger partial charge in [0.1, 0.15) is 11.8 Å². The Morgan fingerprint density at radius 2 is 1.69 bits per heavy atom. The Hall–Kier alpha value is -2.82. The highest BCUT2D eigenvalue weighted by Crippen LogP contribution is 2.20. The Balaban J connectivity index is 2.20. The van der Waals surface area contributed by atoms with Crippen LogP contribution in [0.1, 0.15) is 43.0 Å². The lowest BCUT2D eigenvalue weighted by Crippen LogP contribution is -2.50. The van der Waals surface area contributed by atoms with E-state index in [4.69, 9.17) is 4.74 Å². The quantitative estimate of drug-likeness (QED) is 0.735. The van der Waals surface area contributed by atoms with Crippen LogP contribution < -0.4 is 10.1 Å². The van der Waals surface area contributed by atoms with E-state index in [9.17, 15) is 9.59 Å². The first kappa shape index (κ1) is 22.5. The van der Waals surface area contributed by atoms with Gasteiger partial charge in [-0.1, -0.05) is 36.4 Å². The zero-order valence-corrected chi connectivity index (χ0v) is 18.3. The zero-order valence-electron chi connectivity index (χ0n) is 18.3. The first-order valence-electron chi connectivity index (χ1n) is 10.0. The molecule has 0 unspecified atom stereocenters. The lowest BCUT2D eigenvalue weighted by Gasteiger charge is -2.30. The van der Waals surface area contributed by atoms with E-state index in [-0.39, 0.29) is 24.5 Å². The third-order valence-electron chi connectivity index (χ3n) is 4.89. The molecule has 2 aromatic rings. The van der Waals surface area contributed by atoms with Gasteiger partial charge in [-0.2, -0.15) is 0 Å². The highest BCUT2D eigenvalue weighted by molar-refractivity contribution is 5.88. The minimum atomic E-state index is -0.605. The summed E-state index contributed by atoms with van der Waals surface area (Å²) in [5.74, 6) is 0.294. The van der Waals surface area contributed by atoms with E-state index in [2.05, 4.69) is 5.32 Å². The van der Waals surface area contributed by atoms with Crippen LogP contribution in [0.25, 0.3) is 0 Å². The van der Waals surface area contributed by atoms with Crippen LogP contribution in [0, 0.1) is 20.8 Å². The molecule has 156 valence electrons. The molecule has 1 N–H and O–H groups in total. The van der Waals surface area contributed by atoms with E-state index in [0.29, 0.717) is 12.3 Å². The normalized spacial score (nSPS) is 11.8. The Bertz CT molecular complexity index is 861. The second kappa shape index (κ2) is 10.1. The van der Waals surface area contributed by atoms with Crippen LogP contribution >= 0.6 is 0 Å². The van der Waals surface area contributed by atoms with Gasteiger partial charge in [0, 0.05) is 12.6 Å². The maximum atomic E-state index is 13.1. The summed E-state index contributed by atoms with van der Waals surface area (Å²) in [4.78, 5) is 27.3. The number of carbonyl (C=O) groups excluding carboxylic acids is 2. The minimum Gasteiger partial charge on any atom is -0.483 e. The Morgan fingerprint density at radius 3 is 2.34 bits per heavy atom. The van der Waals surface area contributed by atoms with E-state index in [1.165, 1.54) is 0 Å². The average molecular weight is 397 g/mol. The third kappa shape index (κ3) is 6.34. The second-order valence-electron chi connectivity index (χ2n) is 7.85. The van der Waals surface area contributed by atoms with Gasteiger partial charge in [0.2, 0.25) is 5.91 Å². The number of hydrogen-bond donors (Lipinski definition) is 1. The summed E-state index contributed by atoms with van der Waals surface area (Å²) in [5.41, 5.74) is 4.13. The van der Waals surface area contributed by atoms with Gasteiger partial charge >= 0.3 is 0 Å². The molecular weight excluding hydrogens is 364 g/mol. The van der Waals surface area contributed by atoms with E-state index in [1.54, 1.807) is 11.8 Å². The van der Waals surface area contributed by atoms with Crippen molar-refractivity contribution in [3.8, 4) is 5.75 Å². The van der Waals surface area contributed by atoms with Crippen molar-refractivity contribution in [2.24, 2.45) is 0 Å². The van der Waals surface area contributed by atoms with Gasteiger partial charge in [0.25, 0.3) is 5.91 Å². The number of amides is 2. The maximum absolute atomic E-state index is 13.1. The second-order valence-corrected chi connectivity index (χ2v) is 7.85. The van der Waals surface area contributed by atoms with Gasteiger partial charge in [0.05, 0.1) is 0 Å². The number of benzene rings is 2. The van der Waals surface area contributed by atoms with Gasteiger partial charge in [-0.25, -0.2) is 0 Å². The number of ether oxygens (including phenoxy) is 1. The molecule has 0 aromatic heterocycles. The van der Waals surface area contributed by atoms with Gasteiger partial charge in [0.15, 0.2) is 6.61 Å². The number of nitrogens with one attached hydrogen (secondary N) is 1. The Labute approximate surface area is 174 Å². The van der Waals surface area contributed by atoms with Crippen LogP contribution in [-0.4, -0.2) is 35.4 Å². The van der Waals surface area contributed by atoms with Crippen LogP contribution in [0.4, 0.5) is 0 Å². The number of aryl methyl sites for hydroxylation is 3. The highest BCUT2D eigenvalue weighted by Gasteiger charge is 2.27. The fourth-order valence-electron chi connectivity index (χ4n) is 3.04. The van der Waals surface area contributed by atoms with Gasteiger partial charge in [-0.3, -0.25) is 9.59 Å². The Morgan fingerprint density at radius 1 is 1.00 bits per heavy atom. The van der Waals surface area contributed by atoms with E-state index in [1.807, 2.05) is 77.1 Å². The first-order valence-corrected chi connectivity index (χ1v) is 10.0. The minimum absolute atomic E-state index is 0.00607. The summed E-state index contributed by atoms with van der Waals surface area (Å²) in [6.07, 6.45) is 0. The molecule has 5 heteroatoms. The maximum Gasteiger partial charge on any atom is 0.261 e. The van der Waals surface area contributed by atoms with E-state index < -0.39 is 6.04 Å². The summed E-state index contributed by atoms with van der Waals surface area (Å²) < 4.78 is 5.82. The summed E-state index contributed by atoms with van der Waals surface area (Å²) in [5, 5.41) is 2.89. The molecule has 0 bridgehead atoms. The largest absolute Gasteiger partial charge is 0.483 e. The fraction of sp³-hybridized carbons (Fsp3) is 0.417. The lowest BCUT2D eigenvalue weighted by molar-refractivity contribution is -0.142. The zero-order chi connectivity index (χ0) is 21.6. The smallest absolute Gasteiger partial charge is 0.261 e. The molecular formula is C24H32N2O3. The van der Waals surface area contributed by atoms with Gasteiger partial charge < -0.3 is 15.0 Å². The van der Waals surface area contributed by atoms with Crippen molar-refractivity contribution in [1.82, 2.24) is 10.2 Å². The van der Waals surface area contributed by atoms with Crippen LogP contribution in [0.3, 0.4) is 0 Å². The van der Waals surface area contributed by atoms with E-state index in [0.717, 1.165) is 22.3 Å². The lowest BCUT2D eigenvalue weighted by atomic mass is 10.1. The molecule has 0 aliphatic heterocycles. The van der Waals surface area contributed by atoms with Crippen molar-refractivity contribution in [1.29, 1.82) is 0 Å².